The molecule has 0 bridgehead atoms. The molecule has 1 aromatic rings. The van der Waals surface area contributed by atoms with E-state index in [9.17, 15) is 4.79 Å². The summed E-state index contributed by atoms with van der Waals surface area (Å²) in [6.07, 6.45) is 1.17. The van der Waals surface area contributed by atoms with Crippen LogP contribution in [0.5, 0.6) is 0 Å². The van der Waals surface area contributed by atoms with Crippen molar-refractivity contribution in [3.8, 4) is 0 Å². The zero-order valence-corrected chi connectivity index (χ0v) is 13.2. The fourth-order valence-electron chi connectivity index (χ4n) is 2.83. The Labute approximate surface area is 129 Å². The van der Waals surface area contributed by atoms with E-state index in [-0.39, 0.29) is 18.5 Å². The van der Waals surface area contributed by atoms with E-state index in [0.717, 1.165) is 29.5 Å². The lowest BCUT2D eigenvalue weighted by Crippen LogP contribution is -2.45. The van der Waals surface area contributed by atoms with Gasteiger partial charge in [-0.2, -0.15) is 11.8 Å². The number of halogens is 1. The Morgan fingerprint density at radius 1 is 1.60 bits per heavy atom. The van der Waals surface area contributed by atoms with Crippen LogP contribution >= 0.6 is 23.4 Å². The van der Waals surface area contributed by atoms with E-state index in [1.54, 1.807) is 0 Å². The number of carboxylic acid groups (broad SMARTS) is 1. The largest absolute Gasteiger partial charge is 0.481 e. The molecule has 2 rings (SSSR count). The van der Waals surface area contributed by atoms with Crippen molar-refractivity contribution in [2.75, 3.05) is 18.1 Å². The Kier molecular flexibility index (Phi) is 5.75. The summed E-state index contributed by atoms with van der Waals surface area (Å²) < 4.78 is 0. The zero-order chi connectivity index (χ0) is 14.5. The molecule has 0 aliphatic carbocycles. The number of carbonyl (C=O) groups is 1. The lowest BCUT2D eigenvalue weighted by molar-refractivity contribution is -0.138. The molecule has 1 N–H and O–H groups in total. The number of nitrogens with zero attached hydrogens (tertiary/aromatic N) is 1. The molecule has 1 aliphatic heterocycles. The molecule has 0 radical (unpaired) electrons. The monoisotopic (exact) mass is 313 g/mol. The highest BCUT2D eigenvalue weighted by Crippen LogP contribution is 2.32. The molecule has 2 atom stereocenters. The van der Waals surface area contributed by atoms with E-state index in [0.29, 0.717) is 0 Å². The van der Waals surface area contributed by atoms with Gasteiger partial charge in [0.05, 0.1) is 6.42 Å². The zero-order valence-electron chi connectivity index (χ0n) is 11.6. The van der Waals surface area contributed by atoms with Gasteiger partial charge in [0, 0.05) is 35.2 Å². The van der Waals surface area contributed by atoms with Crippen molar-refractivity contribution in [3.63, 3.8) is 0 Å². The fraction of sp³-hybridized carbons (Fsp3) is 0.533. The molecular formula is C15H20ClNO2S. The Morgan fingerprint density at radius 3 is 3.05 bits per heavy atom. The number of carboxylic acids is 1. The molecule has 0 saturated carbocycles. The van der Waals surface area contributed by atoms with Crippen LogP contribution in [0.15, 0.2) is 24.3 Å². The van der Waals surface area contributed by atoms with E-state index in [1.165, 1.54) is 5.56 Å². The normalized spacial score (nSPS) is 21.6. The maximum Gasteiger partial charge on any atom is 0.304 e. The number of rotatable bonds is 5. The molecule has 110 valence electrons. The van der Waals surface area contributed by atoms with E-state index < -0.39 is 5.97 Å². The molecule has 1 heterocycles. The van der Waals surface area contributed by atoms with Gasteiger partial charge in [-0.1, -0.05) is 30.7 Å². The first-order chi connectivity index (χ1) is 9.61. The molecule has 2 unspecified atom stereocenters. The quantitative estimate of drug-likeness (QED) is 0.900. The van der Waals surface area contributed by atoms with Gasteiger partial charge in [0.2, 0.25) is 0 Å². The summed E-state index contributed by atoms with van der Waals surface area (Å²) in [4.78, 5) is 13.4. The van der Waals surface area contributed by atoms with Crippen LogP contribution in [0.25, 0.3) is 0 Å². The van der Waals surface area contributed by atoms with Gasteiger partial charge in [-0.15, -0.1) is 0 Å². The lowest BCUT2D eigenvalue weighted by atomic mass is 10.00. The van der Waals surface area contributed by atoms with E-state index in [2.05, 4.69) is 17.9 Å². The van der Waals surface area contributed by atoms with E-state index >= 15 is 0 Å². The molecule has 1 saturated heterocycles. The minimum Gasteiger partial charge on any atom is -0.481 e. The molecule has 3 nitrogen and oxygen atoms in total. The first-order valence-corrected chi connectivity index (χ1v) is 8.45. The molecule has 0 aromatic heterocycles. The third-order valence-electron chi connectivity index (χ3n) is 3.70. The first kappa shape index (κ1) is 15.7. The number of benzene rings is 1. The summed E-state index contributed by atoms with van der Waals surface area (Å²) in [6.45, 7) is 3.08. The molecule has 1 aliphatic rings. The summed E-state index contributed by atoms with van der Waals surface area (Å²) in [5.74, 6) is 1.24. The number of hydrogen-bond donors (Lipinski definition) is 1. The molecule has 5 heteroatoms. The second-order valence-electron chi connectivity index (χ2n) is 5.04. The minimum absolute atomic E-state index is 0.107. The van der Waals surface area contributed by atoms with Gasteiger partial charge in [0.25, 0.3) is 0 Å². The van der Waals surface area contributed by atoms with Crippen molar-refractivity contribution in [3.05, 3.63) is 34.9 Å². The highest BCUT2D eigenvalue weighted by atomic mass is 35.5. The van der Waals surface area contributed by atoms with E-state index in [4.69, 9.17) is 16.7 Å². The summed E-state index contributed by atoms with van der Waals surface area (Å²) in [6, 6.07) is 8.27. The maximum atomic E-state index is 11.1. The molecule has 20 heavy (non-hydrogen) atoms. The number of hydrogen-bond acceptors (Lipinski definition) is 3. The topological polar surface area (TPSA) is 40.5 Å². The van der Waals surface area contributed by atoms with Crippen LogP contribution in [0.3, 0.4) is 0 Å². The third-order valence-corrected chi connectivity index (χ3v) is 5.03. The van der Waals surface area contributed by atoms with Crippen molar-refractivity contribution >= 4 is 29.3 Å². The van der Waals surface area contributed by atoms with Crippen molar-refractivity contribution in [1.82, 2.24) is 4.90 Å². The third kappa shape index (κ3) is 3.90. The molecular weight excluding hydrogens is 294 g/mol. The fourth-order valence-corrected chi connectivity index (χ4v) is 4.12. The average molecular weight is 314 g/mol. The van der Waals surface area contributed by atoms with Gasteiger partial charge in [0.15, 0.2) is 0 Å². The van der Waals surface area contributed by atoms with Crippen LogP contribution in [-0.2, 0) is 4.79 Å². The van der Waals surface area contributed by atoms with Gasteiger partial charge >= 0.3 is 5.97 Å². The van der Waals surface area contributed by atoms with Gasteiger partial charge in [-0.3, -0.25) is 9.69 Å². The smallest absolute Gasteiger partial charge is 0.304 e. The minimum atomic E-state index is -0.719. The number of thioether (sulfide) groups is 1. The van der Waals surface area contributed by atoms with Crippen molar-refractivity contribution < 1.29 is 9.90 Å². The van der Waals surface area contributed by atoms with Crippen molar-refractivity contribution in [2.24, 2.45) is 0 Å². The van der Waals surface area contributed by atoms with Crippen LogP contribution in [0, 0.1) is 0 Å². The van der Waals surface area contributed by atoms with Gasteiger partial charge in [-0.25, -0.2) is 0 Å². The predicted octanol–water partition coefficient (Wildman–Crippen LogP) is 3.68. The van der Waals surface area contributed by atoms with Crippen LogP contribution < -0.4 is 0 Å². The van der Waals surface area contributed by atoms with Crippen molar-refractivity contribution in [2.45, 2.75) is 31.8 Å². The summed E-state index contributed by atoms with van der Waals surface area (Å²) in [5.41, 5.74) is 1.18. The predicted molar refractivity (Wildman–Crippen MR) is 84.6 cm³/mol. The Bertz CT molecular complexity index is 469. The molecule has 1 aromatic carbocycles. The first-order valence-electron chi connectivity index (χ1n) is 6.92. The number of aliphatic carboxylic acids is 1. The highest BCUT2D eigenvalue weighted by molar-refractivity contribution is 7.99. The SMILES string of the molecule is CCC(c1cccc(Cl)c1)N1CCSCC1CC(=O)O. The van der Waals surface area contributed by atoms with Gasteiger partial charge in [-0.05, 0) is 24.1 Å². The summed E-state index contributed by atoms with van der Waals surface area (Å²) in [7, 11) is 0. The molecule has 0 spiro atoms. The van der Waals surface area contributed by atoms with Crippen LogP contribution in [0.2, 0.25) is 5.02 Å². The Hall–Kier alpha value is -0.710. The standard InChI is InChI=1S/C15H20ClNO2S/c1-2-14(11-4-3-5-12(16)8-11)17-6-7-20-10-13(17)9-15(18)19/h3-5,8,13-14H,2,6-7,9-10H2,1H3,(H,18,19). The lowest BCUT2D eigenvalue weighted by Gasteiger charge is -2.40. The van der Waals surface area contributed by atoms with Gasteiger partial charge < -0.3 is 5.11 Å². The second-order valence-corrected chi connectivity index (χ2v) is 6.63. The Balaban J connectivity index is 2.21. The van der Waals surface area contributed by atoms with Crippen molar-refractivity contribution in [1.29, 1.82) is 0 Å². The summed E-state index contributed by atoms with van der Waals surface area (Å²) in [5, 5.41) is 9.83. The molecule has 0 amide bonds. The summed E-state index contributed by atoms with van der Waals surface area (Å²) >= 11 is 7.93. The Morgan fingerprint density at radius 2 is 2.40 bits per heavy atom. The second kappa shape index (κ2) is 7.34. The maximum absolute atomic E-state index is 11.1. The average Bonchev–Trinajstić information content (AvgIpc) is 2.41. The van der Waals surface area contributed by atoms with Gasteiger partial charge in [0.1, 0.15) is 0 Å². The van der Waals surface area contributed by atoms with Crippen LogP contribution in [0.1, 0.15) is 31.4 Å². The van der Waals surface area contributed by atoms with E-state index in [1.807, 2.05) is 30.0 Å². The van der Waals surface area contributed by atoms with Crippen LogP contribution in [-0.4, -0.2) is 40.1 Å². The highest BCUT2D eigenvalue weighted by Gasteiger charge is 2.30. The van der Waals surface area contributed by atoms with Crippen LogP contribution in [0.4, 0.5) is 0 Å². The molecule has 1 fully saturated rings.